The average Bonchev–Trinajstić information content (AvgIpc) is 3.30. The fourth-order valence-electron chi connectivity index (χ4n) is 5.18. The molecule has 6 nitrogen and oxygen atoms in total. The number of halogens is 2. The summed E-state index contributed by atoms with van der Waals surface area (Å²) in [5.74, 6) is 0.756. The second-order valence-electron chi connectivity index (χ2n) is 10.8. The second-order valence-corrected chi connectivity index (χ2v) is 14.2. The Morgan fingerprint density at radius 1 is 1.05 bits per heavy atom. The molecule has 5 rings (SSSR count). The smallest absolute Gasteiger partial charge is 0.338 e. The number of rotatable bonds is 10. The van der Waals surface area contributed by atoms with Gasteiger partial charge < -0.3 is 9.47 Å². The maximum Gasteiger partial charge on any atom is 0.338 e. The highest BCUT2D eigenvalue weighted by Crippen LogP contribution is 2.34. The predicted molar refractivity (Wildman–Crippen MR) is 193 cm³/mol. The van der Waals surface area contributed by atoms with Crippen LogP contribution in [0.25, 0.3) is 6.08 Å². The topological polar surface area (TPSA) is 69.9 Å². The number of carbonyl (C=O) groups excluding carboxylic acids is 1. The molecule has 0 saturated heterocycles. The van der Waals surface area contributed by atoms with Gasteiger partial charge in [-0.15, -0.1) is 0 Å². The fourth-order valence-corrected chi connectivity index (χ4v) is 8.33. The Balaban J connectivity index is 1.60. The first-order chi connectivity index (χ1) is 21.2. The van der Waals surface area contributed by atoms with E-state index < -0.39 is 12.0 Å². The number of hydrogen-bond donors (Lipinski definition) is 0. The van der Waals surface area contributed by atoms with Crippen molar-refractivity contribution in [1.29, 1.82) is 0 Å². The summed E-state index contributed by atoms with van der Waals surface area (Å²) in [6.45, 7) is 8.86. The lowest BCUT2D eigenvalue weighted by Crippen LogP contribution is -2.40. The quantitative estimate of drug-likeness (QED) is 0.123. The summed E-state index contributed by atoms with van der Waals surface area (Å²) in [5, 5.41) is 0. The Morgan fingerprint density at radius 2 is 1.73 bits per heavy atom. The number of aromatic nitrogens is 1. The molecule has 0 aliphatic carbocycles. The summed E-state index contributed by atoms with van der Waals surface area (Å²) in [4.78, 5) is 33.1. The van der Waals surface area contributed by atoms with Gasteiger partial charge in [-0.25, -0.2) is 9.79 Å². The maximum atomic E-state index is 14.1. The summed E-state index contributed by atoms with van der Waals surface area (Å²) in [7, 11) is 0. The molecule has 0 fully saturated rings. The lowest BCUT2D eigenvalue weighted by molar-refractivity contribution is -0.139. The molecule has 0 amide bonds. The number of thiazole rings is 1. The van der Waals surface area contributed by atoms with Crippen molar-refractivity contribution >= 4 is 68.6 Å². The van der Waals surface area contributed by atoms with Gasteiger partial charge in [0, 0.05) is 0 Å². The van der Waals surface area contributed by atoms with Crippen LogP contribution in [0.3, 0.4) is 0 Å². The number of fused-ring (bicyclic) bond motifs is 1. The van der Waals surface area contributed by atoms with Crippen molar-refractivity contribution in [3.8, 4) is 5.75 Å². The van der Waals surface area contributed by atoms with Gasteiger partial charge in [-0.05, 0) is 105 Å². The fraction of sp³-hybridized carbons (Fsp3) is 0.286. The molecular formula is C35H34I2N2O4S. The molecule has 1 atom stereocenters. The van der Waals surface area contributed by atoms with Crippen LogP contribution in [0.1, 0.15) is 74.8 Å². The molecule has 0 spiro atoms. The standard InChI is InChI=1S/C35H34I2N2O4S/c1-5-10-28-30(34(41)42-6-2)31(25-15-13-24(14-16-25)21(3)4)39-33(40)29(44-35(39)38-28)19-23-17-26(36)32(27(37)18-23)43-20-22-11-8-7-9-12-22/h7-9,11-19,21,31H,5-6,10,20H2,1-4H3/b29-19-/t31-/m0/s1. The van der Waals surface area contributed by atoms with Crippen LogP contribution in [0.5, 0.6) is 5.75 Å². The largest absolute Gasteiger partial charge is 0.487 e. The van der Waals surface area contributed by atoms with E-state index in [4.69, 9.17) is 14.5 Å². The molecule has 0 N–H and O–H groups in total. The molecule has 0 saturated carbocycles. The normalized spacial score (nSPS) is 14.9. The van der Waals surface area contributed by atoms with Crippen LogP contribution in [0.2, 0.25) is 0 Å². The molecule has 1 aliphatic rings. The predicted octanol–water partition coefficient (Wildman–Crippen LogP) is 7.49. The van der Waals surface area contributed by atoms with E-state index in [-0.39, 0.29) is 12.2 Å². The van der Waals surface area contributed by atoms with Crippen LogP contribution in [-0.2, 0) is 16.1 Å². The molecule has 2 heterocycles. The van der Waals surface area contributed by atoms with Gasteiger partial charge in [-0.1, -0.05) is 93.1 Å². The van der Waals surface area contributed by atoms with Crippen molar-refractivity contribution in [2.24, 2.45) is 4.99 Å². The van der Waals surface area contributed by atoms with Crippen molar-refractivity contribution in [2.45, 2.75) is 59.1 Å². The first-order valence-electron chi connectivity index (χ1n) is 14.7. The van der Waals surface area contributed by atoms with Crippen LogP contribution in [0.15, 0.2) is 87.8 Å². The Labute approximate surface area is 288 Å². The SMILES string of the molecule is CCCC1=C(C(=O)OCC)[C@H](c2ccc(C(C)C)cc2)n2c(s/c(=C\c3cc(I)c(OCc4ccccc4)c(I)c3)c2=O)=N1. The van der Waals surface area contributed by atoms with E-state index in [0.717, 1.165) is 36.0 Å². The van der Waals surface area contributed by atoms with Crippen molar-refractivity contribution in [3.63, 3.8) is 0 Å². The summed E-state index contributed by atoms with van der Waals surface area (Å²) in [6.07, 6.45) is 3.33. The molecule has 44 heavy (non-hydrogen) atoms. The van der Waals surface area contributed by atoms with Gasteiger partial charge in [-0.3, -0.25) is 9.36 Å². The first-order valence-corrected chi connectivity index (χ1v) is 17.7. The third-order valence-corrected chi connectivity index (χ3v) is 9.94. The van der Waals surface area contributed by atoms with E-state index in [9.17, 15) is 9.59 Å². The van der Waals surface area contributed by atoms with Gasteiger partial charge >= 0.3 is 5.97 Å². The van der Waals surface area contributed by atoms with E-state index in [0.29, 0.717) is 39.5 Å². The molecule has 0 bridgehead atoms. The van der Waals surface area contributed by atoms with Crippen molar-refractivity contribution in [2.75, 3.05) is 6.61 Å². The highest BCUT2D eigenvalue weighted by molar-refractivity contribution is 14.1. The van der Waals surface area contributed by atoms with Gasteiger partial charge in [0.15, 0.2) is 4.80 Å². The molecule has 228 valence electrons. The van der Waals surface area contributed by atoms with E-state index in [1.165, 1.54) is 16.9 Å². The summed E-state index contributed by atoms with van der Waals surface area (Å²) in [5.41, 5.74) is 4.98. The average molecular weight is 833 g/mol. The Morgan fingerprint density at radius 3 is 2.34 bits per heavy atom. The van der Waals surface area contributed by atoms with Crippen LogP contribution < -0.4 is 19.6 Å². The number of nitrogens with zero attached hydrogens (tertiary/aromatic N) is 2. The highest BCUT2D eigenvalue weighted by atomic mass is 127. The molecule has 0 unspecified atom stereocenters. The molecule has 4 aromatic rings. The highest BCUT2D eigenvalue weighted by Gasteiger charge is 2.34. The van der Waals surface area contributed by atoms with Gasteiger partial charge in [-0.2, -0.15) is 0 Å². The minimum atomic E-state index is -0.621. The zero-order valence-electron chi connectivity index (χ0n) is 25.1. The third-order valence-electron chi connectivity index (χ3n) is 7.36. The van der Waals surface area contributed by atoms with Crippen LogP contribution >= 0.6 is 56.5 Å². The van der Waals surface area contributed by atoms with Crippen LogP contribution in [0.4, 0.5) is 0 Å². The zero-order chi connectivity index (χ0) is 31.4. The van der Waals surface area contributed by atoms with Crippen LogP contribution in [0, 0.1) is 7.14 Å². The van der Waals surface area contributed by atoms with Crippen molar-refractivity contribution in [3.05, 3.63) is 127 Å². The number of esters is 1. The number of carbonyl (C=O) groups is 1. The Kier molecular flexibility index (Phi) is 10.8. The van der Waals surface area contributed by atoms with E-state index in [1.807, 2.05) is 60.7 Å². The molecule has 9 heteroatoms. The summed E-state index contributed by atoms with van der Waals surface area (Å²) < 4.78 is 15.8. The lowest BCUT2D eigenvalue weighted by Gasteiger charge is -2.26. The number of benzene rings is 3. The Hall–Kier alpha value is -2.77. The van der Waals surface area contributed by atoms with Crippen LogP contribution in [-0.4, -0.2) is 17.1 Å². The zero-order valence-corrected chi connectivity index (χ0v) is 30.2. The maximum absolute atomic E-state index is 14.1. The molecule has 1 aliphatic heterocycles. The number of allylic oxidation sites excluding steroid dienone is 1. The molecular weight excluding hydrogens is 798 g/mol. The van der Waals surface area contributed by atoms with Gasteiger partial charge in [0.2, 0.25) is 0 Å². The van der Waals surface area contributed by atoms with Gasteiger partial charge in [0.05, 0.1) is 35.6 Å². The van der Waals surface area contributed by atoms with E-state index in [1.54, 1.807) is 11.5 Å². The third kappa shape index (κ3) is 7.04. The van der Waals surface area contributed by atoms with Gasteiger partial charge in [0.25, 0.3) is 5.56 Å². The minimum absolute atomic E-state index is 0.182. The van der Waals surface area contributed by atoms with E-state index >= 15 is 0 Å². The van der Waals surface area contributed by atoms with Crippen molar-refractivity contribution in [1.82, 2.24) is 4.57 Å². The lowest BCUT2D eigenvalue weighted by atomic mass is 9.92. The first kappa shape index (κ1) is 32.6. The molecule has 3 aromatic carbocycles. The van der Waals surface area contributed by atoms with E-state index in [2.05, 4.69) is 78.1 Å². The minimum Gasteiger partial charge on any atom is -0.487 e. The number of hydrogen-bond acceptors (Lipinski definition) is 6. The molecule has 0 radical (unpaired) electrons. The number of ether oxygens (including phenoxy) is 2. The van der Waals surface area contributed by atoms with Gasteiger partial charge in [0.1, 0.15) is 12.4 Å². The summed E-state index contributed by atoms with van der Waals surface area (Å²) in [6, 6.07) is 21.7. The monoisotopic (exact) mass is 832 g/mol. The molecule has 1 aromatic heterocycles. The van der Waals surface area contributed by atoms with Crippen molar-refractivity contribution < 1.29 is 14.3 Å². The second kappa shape index (κ2) is 14.6. The summed E-state index contributed by atoms with van der Waals surface area (Å²) >= 11 is 5.92. The Bertz CT molecular complexity index is 1850.